The Morgan fingerprint density at radius 1 is 1.10 bits per heavy atom. The smallest absolute Gasteiger partial charge is 0.251 e. The molecule has 110 valence electrons. The molecule has 0 aliphatic rings. The first-order valence-electron chi connectivity index (χ1n) is 6.51. The minimum atomic E-state index is -1.05. The van der Waals surface area contributed by atoms with Gasteiger partial charge in [0.15, 0.2) is 0 Å². The number of carbonyl (C=O) groups is 1. The van der Waals surface area contributed by atoms with Crippen molar-refractivity contribution in [3.63, 3.8) is 0 Å². The molecule has 0 fully saturated rings. The van der Waals surface area contributed by atoms with E-state index >= 15 is 0 Å². The van der Waals surface area contributed by atoms with Gasteiger partial charge in [0.1, 0.15) is 0 Å². The second kappa shape index (κ2) is 7.15. The van der Waals surface area contributed by atoms with Crippen LogP contribution in [0.2, 0.25) is 0 Å². The van der Waals surface area contributed by atoms with Gasteiger partial charge in [-0.15, -0.1) is 0 Å². The van der Waals surface area contributed by atoms with Crippen LogP contribution < -0.4 is 5.32 Å². The Kier molecular flexibility index (Phi) is 5.25. The molecule has 21 heavy (non-hydrogen) atoms. The fraction of sp³-hybridized carbons (Fsp3) is 0.188. The normalized spacial score (nSPS) is 11.9. The molecule has 1 unspecified atom stereocenters. The summed E-state index contributed by atoms with van der Waals surface area (Å²) in [5.41, 5.74) is 2.21. The Morgan fingerprint density at radius 3 is 2.29 bits per heavy atom. The van der Waals surface area contributed by atoms with E-state index in [-0.39, 0.29) is 12.5 Å². The van der Waals surface area contributed by atoms with E-state index in [0.29, 0.717) is 17.0 Å². The van der Waals surface area contributed by atoms with Gasteiger partial charge in [0.2, 0.25) is 0 Å². The summed E-state index contributed by atoms with van der Waals surface area (Å²) in [7, 11) is -1.05. The van der Waals surface area contributed by atoms with Crippen LogP contribution in [0.1, 0.15) is 21.5 Å². The van der Waals surface area contributed by atoms with Crippen molar-refractivity contribution in [1.82, 2.24) is 5.32 Å². The molecule has 4 nitrogen and oxygen atoms in total. The van der Waals surface area contributed by atoms with Crippen molar-refractivity contribution >= 4 is 16.7 Å². The summed E-state index contributed by atoms with van der Waals surface area (Å²) in [4.78, 5) is 12.7. The summed E-state index contributed by atoms with van der Waals surface area (Å²) in [6, 6.07) is 14.1. The predicted octanol–water partition coefficient (Wildman–Crippen LogP) is 1.85. The Balaban J connectivity index is 2.03. The van der Waals surface area contributed by atoms with Gasteiger partial charge in [-0.3, -0.25) is 9.00 Å². The quantitative estimate of drug-likeness (QED) is 0.886. The lowest BCUT2D eigenvalue weighted by Gasteiger charge is -2.09. The molecule has 2 aromatic rings. The van der Waals surface area contributed by atoms with E-state index in [2.05, 4.69) is 5.32 Å². The number of nitrogens with one attached hydrogen (secondary N) is 1. The van der Waals surface area contributed by atoms with E-state index in [9.17, 15) is 14.1 Å². The lowest BCUT2D eigenvalue weighted by Crippen LogP contribution is -2.23. The molecule has 5 heteroatoms. The van der Waals surface area contributed by atoms with E-state index < -0.39 is 10.8 Å². The van der Waals surface area contributed by atoms with Crippen LogP contribution in [-0.2, 0) is 24.0 Å². The highest BCUT2D eigenvalue weighted by atomic mass is 32.2. The number of aliphatic hydroxyl groups excluding tert-OH is 1. The van der Waals surface area contributed by atoms with Crippen molar-refractivity contribution in [1.29, 1.82) is 0 Å². The molecule has 0 aliphatic heterocycles. The van der Waals surface area contributed by atoms with Crippen molar-refractivity contribution in [3.8, 4) is 0 Å². The topological polar surface area (TPSA) is 66.4 Å². The minimum absolute atomic E-state index is 0.0525. The minimum Gasteiger partial charge on any atom is -0.392 e. The Hall–Kier alpha value is -1.98. The molecule has 0 aromatic heterocycles. The van der Waals surface area contributed by atoms with Gasteiger partial charge in [0, 0.05) is 34.1 Å². The van der Waals surface area contributed by atoms with Crippen LogP contribution >= 0.6 is 0 Å². The van der Waals surface area contributed by atoms with E-state index in [1.165, 1.54) is 0 Å². The second-order valence-electron chi connectivity index (χ2n) is 4.59. The van der Waals surface area contributed by atoms with Gasteiger partial charge in [-0.2, -0.15) is 0 Å². The highest BCUT2D eigenvalue weighted by Gasteiger charge is 2.07. The third kappa shape index (κ3) is 4.00. The average molecular weight is 303 g/mol. The maximum atomic E-state index is 12.0. The van der Waals surface area contributed by atoms with E-state index in [1.54, 1.807) is 30.5 Å². The molecule has 0 heterocycles. The first-order chi connectivity index (χ1) is 10.1. The molecular formula is C16H17NO3S. The van der Waals surface area contributed by atoms with Crippen LogP contribution in [-0.4, -0.2) is 21.5 Å². The average Bonchev–Trinajstić information content (AvgIpc) is 2.52. The summed E-state index contributed by atoms with van der Waals surface area (Å²) in [6.45, 7) is 0.306. The Bertz CT molecular complexity index is 653. The Morgan fingerprint density at radius 2 is 1.71 bits per heavy atom. The molecule has 0 aliphatic carbocycles. The highest BCUT2D eigenvalue weighted by Crippen LogP contribution is 2.10. The summed E-state index contributed by atoms with van der Waals surface area (Å²) in [5, 5.41) is 12.1. The molecule has 2 aromatic carbocycles. The highest BCUT2D eigenvalue weighted by molar-refractivity contribution is 7.84. The maximum absolute atomic E-state index is 12.0. The molecule has 0 spiro atoms. The molecule has 0 saturated carbocycles. The Labute approximate surface area is 126 Å². The largest absolute Gasteiger partial charge is 0.392 e. The van der Waals surface area contributed by atoms with Gasteiger partial charge in [0.05, 0.1) is 6.61 Å². The fourth-order valence-electron chi connectivity index (χ4n) is 1.96. The van der Waals surface area contributed by atoms with Crippen LogP contribution in [0, 0.1) is 0 Å². The monoisotopic (exact) mass is 303 g/mol. The second-order valence-corrected chi connectivity index (χ2v) is 5.97. The van der Waals surface area contributed by atoms with Gasteiger partial charge in [-0.1, -0.05) is 24.3 Å². The van der Waals surface area contributed by atoms with Crippen LogP contribution in [0.3, 0.4) is 0 Å². The summed E-state index contributed by atoms with van der Waals surface area (Å²) in [5.74, 6) is -0.198. The number of rotatable bonds is 5. The molecule has 1 amide bonds. The van der Waals surface area contributed by atoms with Crippen molar-refractivity contribution in [2.24, 2.45) is 0 Å². The third-order valence-corrected chi connectivity index (χ3v) is 4.11. The molecular weight excluding hydrogens is 286 g/mol. The lowest BCUT2D eigenvalue weighted by atomic mass is 10.1. The molecule has 0 saturated heterocycles. The van der Waals surface area contributed by atoms with Gasteiger partial charge in [-0.05, 0) is 35.4 Å². The van der Waals surface area contributed by atoms with E-state index in [4.69, 9.17) is 0 Å². The summed E-state index contributed by atoms with van der Waals surface area (Å²) in [6.07, 6.45) is 1.60. The van der Waals surface area contributed by atoms with Gasteiger partial charge >= 0.3 is 0 Å². The summed E-state index contributed by atoms with van der Waals surface area (Å²) < 4.78 is 11.3. The zero-order valence-corrected chi connectivity index (χ0v) is 12.5. The molecule has 0 radical (unpaired) electrons. The number of benzene rings is 2. The maximum Gasteiger partial charge on any atom is 0.251 e. The standard InChI is InChI=1S/C16H17NO3S/c1-21(20)15-8-6-12(7-9-15)16(19)17-10-13-4-2-3-5-14(13)11-18/h2-9,18H,10-11H2,1H3,(H,17,19). The molecule has 2 rings (SSSR count). The molecule has 1 atom stereocenters. The van der Waals surface area contributed by atoms with Crippen LogP contribution in [0.25, 0.3) is 0 Å². The first-order valence-corrected chi connectivity index (χ1v) is 8.07. The van der Waals surface area contributed by atoms with E-state index in [1.807, 2.05) is 24.3 Å². The SMILES string of the molecule is CS(=O)c1ccc(C(=O)NCc2ccccc2CO)cc1. The predicted molar refractivity (Wildman–Crippen MR) is 82.3 cm³/mol. The van der Waals surface area contributed by atoms with Crippen LogP contribution in [0.4, 0.5) is 0 Å². The fourth-order valence-corrected chi connectivity index (χ4v) is 2.48. The van der Waals surface area contributed by atoms with E-state index in [0.717, 1.165) is 11.1 Å². The van der Waals surface area contributed by atoms with Crippen molar-refractivity contribution in [2.45, 2.75) is 18.0 Å². The third-order valence-electron chi connectivity index (χ3n) is 3.18. The lowest BCUT2D eigenvalue weighted by molar-refractivity contribution is 0.0950. The van der Waals surface area contributed by atoms with Crippen LogP contribution in [0.5, 0.6) is 0 Å². The number of hydrogen-bond acceptors (Lipinski definition) is 3. The van der Waals surface area contributed by atoms with Crippen molar-refractivity contribution < 1.29 is 14.1 Å². The van der Waals surface area contributed by atoms with Crippen molar-refractivity contribution in [2.75, 3.05) is 6.26 Å². The van der Waals surface area contributed by atoms with Gasteiger partial charge in [0.25, 0.3) is 5.91 Å². The molecule has 2 N–H and O–H groups in total. The zero-order chi connectivity index (χ0) is 15.2. The summed E-state index contributed by atoms with van der Waals surface area (Å²) >= 11 is 0. The van der Waals surface area contributed by atoms with Gasteiger partial charge < -0.3 is 10.4 Å². The number of aliphatic hydroxyl groups is 1. The molecule has 0 bridgehead atoms. The number of carbonyl (C=O) groups excluding carboxylic acids is 1. The zero-order valence-electron chi connectivity index (χ0n) is 11.7. The number of hydrogen-bond donors (Lipinski definition) is 2. The van der Waals surface area contributed by atoms with Crippen LogP contribution in [0.15, 0.2) is 53.4 Å². The first kappa shape index (κ1) is 15.4. The van der Waals surface area contributed by atoms with Gasteiger partial charge in [-0.25, -0.2) is 0 Å². The number of amides is 1. The van der Waals surface area contributed by atoms with Crippen molar-refractivity contribution in [3.05, 3.63) is 65.2 Å².